The number of rotatable bonds is 1. The van der Waals surface area contributed by atoms with E-state index in [2.05, 4.69) is 5.10 Å². The molecule has 1 aromatic heterocycles. The number of aryl methyl sites for hydroxylation is 1. The number of halogens is 2. The third kappa shape index (κ3) is 1.48. The zero-order valence-electron chi connectivity index (χ0n) is 5.51. The molecule has 11 heavy (non-hydrogen) atoms. The molecule has 0 bridgehead atoms. The quantitative estimate of drug-likeness (QED) is 0.794. The summed E-state index contributed by atoms with van der Waals surface area (Å²) in [5.74, 6) is -1.06. The van der Waals surface area contributed by atoms with Crippen LogP contribution >= 0.6 is 34.2 Å². The van der Waals surface area contributed by atoms with Gasteiger partial charge in [0, 0.05) is 7.05 Å². The fourth-order valence-electron chi connectivity index (χ4n) is 0.614. The van der Waals surface area contributed by atoms with Gasteiger partial charge in [-0.3, -0.25) is 4.68 Å². The van der Waals surface area contributed by atoms with Gasteiger partial charge < -0.3 is 5.11 Å². The summed E-state index contributed by atoms with van der Waals surface area (Å²) >= 11 is 7.52. The standard InChI is InChI=1S/C5H4ClIN2O2/c1-9-4(6)2(7)3(8-9)5(10)11/h1H3,(H,10,11). The molecule has 60 valence electrons. The fourth-order valence-corrected chi connectivity index (χ4v) is 1.43. The predicted octanol–water partition coefficient (Wildman–Crippen LogP) is 1.38. The molecule has 0 aromatic carbocycles. The minimum atomic E-state index is -1.06. The maximum Gasteiger partial charge on any atom is 0.357 e. The Labute approximate surface area is 81.3 Å². The highest BCUT2D eigenvalue weighted by atomic mass is 127. The van der Waals surface area contributed by atoms with E-state index in [1.54, 1.807) is 7.05 Å². The van der Waals surface area contributed by atoms with E-state index < -0.39 is 5.97 Å². The van der Waals surface area contributed by atoms with Crippen molar-refractivity contribution in [3.8, 4) is 0 Å². The fraction of sp³-hybridized carbons (Fsp3) is 0.200. The molecule has 0 saturated carbocycles. The van der Waals surface area contributed by atoms with Gasteiger partial charge in [0.2, 0.25) is 0 Å². The van der Waals surface area contributed by atoms with Gasteiger partial charge in [0.25, 0.3) is 0 Å². The maximum absolute atomic E-state index is 10.4. The van der Waals surface area contributed by atoms with Crippen LogP contribution in [0.3, 0.4) is 0 Å². The lowest BCUT2D eigenvalue weighted by Crippen LogP contribution is -2.00. The average molecular weight is 286 g/mol. The second-order valence-corrected chi connectivity index (χ2v) is 3.32. The highest BCUT2D eigenvalue weighted by Gasteiger charge is 2.17. The molecule has 0 saturated heterocycles. The van der Waals surface area contributed by atoms with Gasteiger partial charge in [-0.25, -0.2) is 4.79 Å². The molecule has 0 atom stereocenters. The highest BCUT2D eigenvalue weighted by molar-refractivity contribution is 14.1. The topological polar surface area (TPSA) is 55.1 Å². The molecule has 1 rings (SSSR count). The van der Waals surface area contributed by atoms with Gasteiger partial charge in [-0.1, -0.05) is 11.6 Å². The number of aromatic carboxylic acids is 1. The van der Waals surface area contributed by atoms with Crippen LogP contribution in [0.1, 0.15) is 10.5 Å². The number of carboxylic acids is 1. The number of hydrogen-bond acceptors (Lipinski definition) is 2. The Morgan fingerprint density at radius 1 is 1.82 bits per heavy atom. The van der Waals surface area contributed by atoms with Gasteiger partial charge in [0.15, 0.2) is 5.69 Å². The van der Waals surface area contributed by atoms with Crippen molar-refractivity contribution >= 4 is 40.2 Å². The van der Waals surface area contributed by atoms with E-state index in [9.17, 15) is 4.79 Å². The molecular formula is C5H4ClIN2O2. The molecule has 0 fully saturated rings. The predicted molar refractivity (Wildman–Crippen MR) is 47.9 cm³/mol. The molecule has 6 heteroatoms. The lowest BCUT2D eigenvalue weighted by molar-refractivity contribution is 0.0688. The molecule has 1 heterocycles. The zero-order chi connectivity index (χ0) is 8.59. The van der Waals surface area contributed by atoms with Crippen LogP contribution in [0.5, 0.6) is 0 Å². The van der Waals surface area contributed by atoms with Gasteiger partial charge in [-0.2, -0.15) is 5.10 Å². The molecule has 0 radical (unpaired) electrons. The van der Waals surface area contributed by atoms with Crippen molar-refractivity contribution in [2.24, 2.45) is 7.05 Å². The Kier molecular flexibility index (Phi) is 2.38. The van der Waals surface area contributed by atoms with E-state index in [0.29, 0.717) is 8.72 Å². The van der Waals surface area contributed by atoms with Crippen LogP contribution in [0, 0.1) is 3.57 Å². The average Bonchev–Trinajstić information content (AvgIpc) is 2.17. The van der Waals surface area contributed by atoms with Gasteiger partial charge in [0.1, 0.15) is 5.15 Å². The number of aromatic nitrogens is 2. The Morgan fingerprint density at radius 2 is 2.36 bits per heavy atom. The summed E-state index contributed by atoms with van der Waals surface area (Å²) in [6, 6.07) is 0. The molecule has 0 amide bonds. The van der Waals surface area contributed by atoms with Crippen LogP contribution in [0.2, 0.25) is 5.15 Å². The molecule has 1 N–H and O–H groups in total. The Bertz CT molecular complexity index is 310. The normalized spacial score (nSPS) is 10.1. The summed E-state index contributed by atoms with van der Waals surface area (Å²) in [5.41, 5.74) is -0.00176. The first-order chi connectivity index (χ1) is 5.04. The van der Waals surface area contributed by atoms with Crippen molar-refractivity contribution in [1.82, 2.24) is 9.78 Å². The minimum absolute atomic E-state index is 0.00176. The van der Waals surface area contributed by atoms with E-state index in [4.69, 9.17) is 16.7 Å². The van der Waals surface area contributed by atoms with E-state index in [0.717, 1.165) is 0 Å². The number of carbonyl (C=O) groups is 1. The van der Waals surface area contributed by atoms with Gasteiger partial charge in [-0.15, -0.1) is 0 Å². The lowest BCUT2D eigenvalue weighted by atomic mass is 10.4. The second-order valence-electron chi connectivity index (χ2n) is 1.88. The Hall–Kier alpha value is -0.300. The lowest BCUT2D eigenvalue weighted by Gasteiger charge is -1.86. The van der Waals surface area contributed by atoms with Crippen molar-refractivity contribution < 1.29 is 9.90 Å². The van der Waals surface area contributed by atoms with Crippen LogP contribution in [0.15, 0.2) is 0 Å². The number of carboxylic acid groups (broad SMARTS) is 1. The minimum Gasteiger partial charge on any atom is -0.476 e. The van der Waals surface area contributed by atoms with Crippen LogP contribution in [-0.2, 0) is 7.05 Å². The van der Waals surface area contributed by atoms with Gasteiger partial charge >= 0.3 is 5.97 Å². The van der Waals surface area contributed by atoms with Crippen LogP contribution in [0.4, 0.5) is 0 Å². The Morgan fingerprint density at radius 3 is 2.55 bits per heavy atom. The largest absolute Gasteiger partial charge is 0.476 e. The van der Waals surface area contributed by atoms with Crippen LogP contribution < -0.4 is 0 Å². The SMILES string of the molecule is Cn1nc(C(=O)O)c(I)c1Cl. The molecular weight excluding hydrogens is 282 g/mol. The van der Waals surface area contributed by atoms with Gasteiger partial charge in [-0.05, 0) is 22.6 Å². The van der Waals surface area contributed by atoms with Crippen LogP contribution in [0.25, 0.3) is 0 Å². The van der Waals surface area contributed by atoms with Crippen molar-refractivity contribution in [1.29, 1.82) is 0 Å². The van der Waals surface area contributed by atoms with Crippen LogP contribution in [-0.4, -0.2) is 20.9 Å². The van der Waals surface area contributed by atoms with Crippen molar-refractivity contribution in [3.05, 3.63) is 14.4 Å². The monoisotopic (exact) mass is 286 g/mol. The van der Waals surface area contributed by atoms with E-state index in [1.165, 1.54) is 4.68 Å². The molecule has 0 unspecified atom stereocenters. The molecule has 4 nitrogen and oxygen atoms in total. The molecule has 1 aromatic rings. The Balaban J connectivity index is 3.29. The highest BCUT2D eigenvalue weighted by Crippen LogP contribution is 2.20. The summed E-state index contributed by atoms with van der Waals surface area (Å²) < 4.78 is 1.80. The maximum atomic E-state index is 10.4. The third-order valence-electron chi connectivity index (χ3n) is 1.13. The van der Waals surface area contributed by atoms with E-state index in [-0.39, 0.29) is 5.69 Å². The third-order valence-corrected chi connectivity index (χ3v) is 2.90. The summed E-state index contributed by atoms with van der Waals surface area (Å²) in [4.78, 5) is 10.4. The van der Waals surface area contributed by atoms with Crippen molar-refractivity contribution in [2.75, 3.05) is 0 Å². The number of hydrogen-bond donors (Lipinski definition) is 1. The summed E-state index contributed by atoms with van der Waals surface area (Å²) in [6.45, 7) is 0. The van der Waals surface area contributed by atoms with E-state index >= 15 is 0 Å². The molecule has 0 aliphatic rings. The van der Waals surface area contributed by atoms with Crippen molar-refractivity contribution in [2.45, 2.75) is 0 Å². The van der Waals surface area contributed by atoms with Crippen molar-refractivity contribution in [3.63, 3.8) is 0 Å². The van der Waals surface area contributed by atoms with Gasteiger partial charge in [0.05, 0.1) is 3.57 Å². The molecule has 0 aliphatic heterocycles. The first-order valence-corrected chi connectivity index (χ1v) is 4.11. The number of nitrogens with zero attached hydrogens (tertiary/aromatic N) is 2. The first kappa shape index (κ1) is 8.79. The summed E-state index contributed by atoms with van der Waals surface area (Å²) in [7, 11) is 1.59. The molecule has 0 spiro atoms. The second kappa shape index (κ2) is 2.98. The molecule has 0 aliphatic carbocycles. The summed E-state index contributed by atoms with van der Waals surface area (Å²) in [6.07, 6.45) is 0. The first-order valence-electron chi connectivity index (χ1n) is 2.65. The zero-order valence-corrected chi connectivity index (χ0v) is 8.42. The smallest absolute Gasteiger partial charge is 0.357 e. The van der Waals surface area contributed by atoms with E-state index in [1.807, 2.05) is 22.6 Å². The summed E-state index contributed by atoms with van der Waals surface area (Å²) in [5, 5.41) is 12.6.